The summed E-state index contributed by atoms with van der Waals surface area (Å²) in [7, 11) is 1.75. The van der Waals surface area contributed by atoms with E-state index < -0.39 is 10.0 Å². The van der Waals surface area contributed by atoms with E-state index in [0.29, 0.717) is 17.8 Å². The minimum Gasteiger partial charge on any atom is -0.350 e. The first-order chi connectivity index (χ1) is 14.3. The molecule has 158 valence electrons. The molecule has 1 N–H and O–H groups in total. The Kier molecular flexibility index (Phi) is 6.91. The lowest BCUT2D eigenvalue weighted by atomic mass is 10.2. The van der Waals surface area contributed by atoms with Crippen molar-refractivity contribution in [1.29, 1.82) is 0 Å². The van der Waals surface area contributed by atoms with Crippen LogP contribution in [0.25, 0.3) is 0 Å². The second-order valence-electron chi connectivity index (χ2n) is 7.04. The third-order valence-electron chi connectivity index (χ3n) is 4.85. The van der Waals surface area contributed by atoms with E-state index in [9.17, 15) is 13.2 Å². The number of amides is 1. The summed E-state index contributed by atoms with van der Waals surface area (Å²) in [6.45, 7) is 0.461. The molecule has 1 aromatic heterocycles. The zero-order chi connectivity index (χ0) is 21.7. The van der Waals surface area contributed by atoms with Crippen LogP contribution in [0.2, 0.25) is 0 Å². The molecule has 0 fully saturated rings. The van der Waals surface area contributed by atoms with Crippen LogP contribution in [0.5, 0.6) is 0 Å². The van der Waals surface area contributed by atoms with Gasteiger partial charge in [-0.2, -0.15) is 0 Å². The standard InChI is InChI=1S/C22H25N3O3S2/c1-24(2)20(21-10-7-15-29-21)16-23-22(26)17-11-13-19(14-12-17)30(27,28)25(3)18-8-5-4-6-9-18/h4-15,20H,16H2,1-3H3,(H,23,26)/t20-/m0/s1. The van der Waals surface area contributed by atoms with Crippen molar-refractivity contribution in [2.75, 3.05) is 32.0 Å². The number of benzene rings is 2. The van der Waals surface area contributed by atoms with Gasteiger partial charge in [0, 0.05) is 24.0 Å². The Morgan fingerprint density at radius 1 is 0.967 bits per heavy atom. The predicted molar refractivity (Wildman–Crippen MR) is 122 cm³/mol. The molecule has 8 heteroatoms. The summed E-state index contributed by atoms with van der Waals surface area (Å²) in [5, 5.41) is 4.95. The summed E-state index contributed by atoms with van der Waals surface area (Å²) in [5.74, 6) is -0.237. The van der Waals surface area contributed by atoms with Gasteiger partial charge in [0.15, 0.2) is 0 Å². The molecule has 2 aromatic carbocycles. The van der Waals surface area contributed by atoms with E-state index >= 15 is 0 Å². The van der Waals surface area contributed by atoms with Gasteiger partial charge in [-0.3, -0.25) is 9.10 Å². The number of anilines is 1. The molecule has 0 unspecified atom stereocenters. The molecule has 1 atom stereocenters. The number of carbonyl (C=O) groups is 1. The fourth-order valence-corrected chi connectivity index (χ4v) is 5.14. The molecule has 0 radical (unpaired) electrons. The lowest BCUT2D eigenvalue weighted by molar-refractivity contribution is 0.0942. The average molecular weight is 444 g/mol. The number of rotatable bonds is 8. The van der Waals surface area contributed by atoms with Crippen LogP contribution in [0.1, 0.15) is 21.3 Å². The van der Waals surface area contributed by atoms with Gasteiger partial charge in [-0.15, -0.1) is 11.3 Å². The number of hydrogen-bond donors (Lipinski definition) is 1. The maximum Gasteiger partial charge on any atom is 0.264 e. The zero-order valence-corrected chi connectivity index (χ0v) is 18.8. The molecule has 1 heterocycles. The molecule has 0 spiro atoms. The van der Waals surface area contributed by atoms with Gasteiger partial charge in [0.05, 0.1) is 16.6 Å². The Labute approximate surface area is 181 Å². The SMILES string of the molecule is CN(C)[C@@H](CNC(=O)c1ccc(S(=O)(=O)N(C)c2ccccc2)cc1)c1cccs1. The maximum atomic E-state index is 12.9. The van der Waals surface area contributed by atoms with Crippen molar-refractivity contribution >= 4 is 33.0 Å². The van der Waals surface area contributed by atoms with Crippen LogP contribution in [0.4, 0.5) is 5.69 Å². The molecule has 0 saturated heterocycles. The third kappa shape index (κ3) is 4.89. The average Bonchev–Trinajstić information content (AvgIpc) is 3.28. The van der Waals surface area contributed by atoms with Gasteiger partial charge in [-0.05, 0) is 61.9 Å². The number of thiophene rings is 1. The van der Waals surface area contributed by atoms with Crippen LogP contribution >= 0.6 is 11.3 Å². The summed E-state index contributed by atoms with van der Waals surface area (Å²) < 4.78 is 26.9. The van der Waals surface area contributed by atoms with Gasteiger partial charge >= 0.3 is 0 Å². The van der Waals surface area contributed by atoms with Gasteiger partial charge in [0.25, 0.3) is 15.9 Å². The molecule has 0 aliphatic rings. The maximum absolute atomic E-state index is 12.9. The second kappa shape index (κ2) is 9.42. The van der Waals surface area contributed by atoms with Crippen LogP contribution in [-0.4, -0.2) is 46.9 Å². The predicted octanol–water partition coefficient (Wildman–Crippen LogP) is 3.61. The van der Waals surface area contributed by atoms with Gasteiger partial charge in [-0.25, -0.2) is 8.42 Å². The molecule has 0 bridgehead atoms. The van der Waals surface area contributed by atoms with Crippen molar-refractivity contribution in [1.82, 2.24) is 10.2 Å². The van der Waals surface area contributed by atoms with Crippen molar-refractivity contribution in [3.63, 3.8) is 0 Å². The van der Waals surface area contributed by atoms with Gasteiger partial charge in [0.1, 0.15) is 0 Å². The summed E-state index contributed by atoms with van der Waals surface area (Å²) in [4.78, 5) is 15.9. The van der Waals surface area contributed by atoms with E-state index in [2.05, 4.69) is 10.2 Å². The number of para-hydroxylation sites is 1. The Bertz CT molecular complexity index is 1060. The van der Waals surface area contributed by atoms with Crippen LogP contribution < -0.4 is 9.62 Å². The Hall–Kier alpha value is -2.68. The van der Waals surface area contributed by atoms with Crippen LogP contribution in [0, 0.1) is 0 Å². The number of sulfonamides is 1. The highest BCUT2D eigenvalue weighted by atomic mass is 32.2. The quantitative estimate of drug-likeness (QED) is 0.578. The van der Waals surface area contributed by atoms with E-state index in [4.69, 9.17) is 0 Å². The van der Waals surface area contributed by atoms with E-state index in [-0.39, 0.29) is 16.8 Å². The largest absolute Gasteiger partial charge is 0.350 e. The summed E-state index contributed by atoms with van der Waals surface area (Å²) >= 11 is 1.65. The van der Waals surface area contributed by atoms with Crippen LogP contribution in [0.15, 0.2) is 77.0 Å². The van der Waals surface area contributed by atoms with Crippen LogP contribution in [-0.2, 0) is 10.0 Å². The Morgan fingerprint density at radius 2 is 1.63 bits per heavy atom. The van der Waals surface area contributed by atoms with Crippen molar-refractivity contribution in [2.24, 2.45) is 0 Å². The molecule has 0 aliphatic heterocycles. The number of nitrogens with one attached hydrogen (secondary N) is 1. The van der Waals surface area contributed by atoms with Gasteiger partial charge in [0.2, 0.25) is 0 Å². The topological polar surface area (TPSA) is 69.7 Å². The highest BCUT2D eigenvalue weighted by Crippen LogP contribution is 2.23. The highest BCUT2D eigenvalue weighted by molar-refractivity contribution is 7.92. The smallest absolute Gasteiger partial charge is 0.264 e. The molecule has 3 aromatic rings. The van der Waals surface area contributed by atoms with Crippen LogP contribution in [0.3, 0.4) is 0 Å². The number of nitrogens with zero attached hydrogens (tertiary/aromatic N) is 2. The highest BCUT2D eigenvalue weighted by Gasteiger charge is 2.22. The monoisotopic (exact) mass is 443 g/mol. The molecule has 0 saturated carbocycles. The van der Waals surface area contributed by atoms with E-state index in [1.54, 1.807) is 35.6 Å². The second-order valence-corrected chi connectivity index (χ2v) is 9.99. The van der Waals surface area contributed by atoms with E-state index in [0.717, 1.165) is 0 Å². The minimum atomic E-state index is -3.70. The lowest BCUT2D eigenvalue weighted by Gasteiger charge is -2.23. The summed E-state index contributed by atoms with van der Waals surface area (Å²) in [6, 6.07) is 19.0. The summed E-state index contributed by atoms with van der Waals surface area (Å²) in [5.41, 5.74) is 0.989. The lowest BCUT2D eigenvalue weighted by Crippen LogP contribution is -2.34. The first-order valence-corrected chi connectivity index (χ1v) is 11.7. The minimum absolute atomic E-state index is 0.0770. The number of hydrogen-bond acceptors (Lipinski definition) is 5. The van der Waals surface area contributed by atoms with Crippen molar-refractivity contribution in [3.05, 3.63) is 82.6 Å². The molecule has 6 nitrogen and oxygen atoms in total. The fraction of sp³-hybridized carbons (Fsp3) is 0.227. The third-order valence-corrected chi connectivity index (χ3v) is 7.62. The molecular weight excluding hydrogens is 418 g/mol. The number of likely N-dealkylation sites (N-methyl/N-ethyl adjacent to an activating group) is 1. The molecule has 30 heavy (non-hydrogen) atoms. The van der Waals surface area contributed by atoms with E-state index in [1.165, 1.54) is 40.5 Å². The van der Waals surface area contributed by atoms with Gasteiger partial charge in [-0.1, -0.05) is 24.3 Å². The Morgan fingerprint density at radius 3 is 2.20 bits per heavy atom. The number of carbonyl (C=O) groups excluding carboxylic acids is 1. The first-order valence-electron chi connectivity index (χ1n) is 9.43. The molecule has 1 amide bonds. The van der Waals surface area contributed by atoms with Crippen molar-refractivity contribution in [2.45, 2.75) is 10.9 Å². The molecule has 0 aliphatic carbocycles. The van der Waals surface area contributed by atoms with Gasteiger partial charge < -0.3 is 10.2 Å². The molecular formula is C22H25N3O3S2. The van der Waals surface area contributed by atoms with Crippen molar-refractivity contribution < 1.29 is 13.2 Å². The zero-order valence-electron chi connectivity index (χ0n) is 17.1. The van der Waals surface area contributed by atoms with Crippen molar-refractivity contribution in [3.8, 4) is 0 Å². The first kappa shape index (κ1) is 22.0. The Balaban J connectivity index is 1.69. The fourth-order valence-electron chi connectivity index (χ4n) is 3.02. The summed E-state index contributed by atoms with van der Waals surface area (Å²) in [6.07, 6.45) is 0. The molecule has 3 rings (SSSR count). The normalized spacial score (nSPS) is 12.5. The van der Waals surface area contributed by atoms with E-state index in [1.807, 2.05) is 37.7 Å².